The second-order valence-electron chi connectivity index (χ2n) is 5.16. The van der Waals surface area contributed by atoms with Crippen LogP contribution in [0.3, 0.4) is 0 Å². The predicted molar refractivity (Wildman–Crippen MR) is 83.5 cm³/mol. The summed E-state index contributed by atoms with van der Waals surface area (Å²) in [5.41, 5.74) is 1.68. The fraction of sp³-hybridized carbons (Fsp3) is 0.167. The van der Waals surface area contributed by atoms with E-state index in [9.17, 15) is 18.0 Å². The summed E-state index contributed by atoms with van der Waals surface area (Å²) in [6.07, 6.45) is -1.37. The van der Waals surface area contributed by atoms with Gasteiger partial charge in [0.2, 0.25) is 5.91 Å². The van der Waals surface area contributed by atoms with Crippen LogP contribution >= 0.6 is 0 Å². The molecule has 0 aliphatic heterocycles. The molecule has 120 valence electrons. The molecule has 0 heterocycles. The van der Waals surface area contributed by atoms with Gasteiger partial charge in [0.25, 0.3) is 0 Å². The fourth-order valence-electron chi connectivity index (χ4n) is 1.96. The lowest BCUT2D eigenvalue weighted by molar-refractivity contribution is -0.137. The van der Waals surface area contributed by atoms with Crippen molar-refractivity contribution in [2.75, 3.05) is 0 Å². The lowest BCUT2D eigenvalue weighted by Gasteiger charge is -2.08. The van der Waals surface area contributed by atoms with Crippen LogP contribution in [-0.2, 0) is 17.5 Å². The molecule has 0 saturated carbocycles. The first-order valence-electron chi connectivity index (χ1n) is 7.03. The first-order valence-corrected chi connectivity index (χ1v) is 7.03. The van der Waals surface area contributed by atoms with E-state index in [1.807, 2.05) is 31.2 Å². The molecular weight excluding hydrogens is 303 g/mol. The van der Waals surface area contributed by atoms with Gasteiger partial charge in [0.1, 0.15) is 0 Å². The summed E-state index contributed by atoms with van der Waals surface area (Å²) >= 11 is 0. The van der Waals surface area contributed by atoms with Gasteiger partial charge in [-0.05, 0) is 36.3 Å². The zero-order chi connectivity index (χ0) is 16.9. The molecule has 23 heavy (non-hydrogen) atoms. The van der Waals surface area contributed by atoms with Crippen LogP contribution in [0.4, 0.5) is 13.2 Å². The van der Waals surface area contributed by atoms with Crippen molar-refractivity contribution < 1.29 is 18.0 Å². The van der Waals surface area contributed by atoms with Gasteiger partial charge in [-0.2, -0.15) is 13.2 Å². The van der Waals surface area contributed by atoms with Gasteiger partial charge in [-0.1, -0.05) is 42.0 Å². The van der Waals surface area contributed by atoms with E-state index in [-0.39, 0.29) is 12.5 Å². The first kappa shape index (κ1) is 16.8. The number of aryl methyl sites for hydroxylation is 1. The lowest BCUT2D eigenvalue weighted by Crippen LogP contribution is -2.20. The van der Waals surface area contributed by atoms with Crippen LogP contribution in [0.5, 0.6) is 0 Å². The second-order valence-corrected chi connectivity index (χ2v) is 5.16. The van der Waals surface area contributed by atoms with Crippen LogP contribution in [0.2, 0.25) is 0 Å². The van der Waals surface area contributed by atoms with E-state index < -0.39 is 11.7 Å². The van der Waals surface area contributed by atoms with Crippen molar-refractivity contribution in [3.05, 3.63) is 76.9 Å². The average Bonchev–Trinajstić information content (AvgIpc) is 2.52. The maximum Gasteiger partial charge on any atom is 0.416 e. The number of amides is 1. The summed E-state index contributed by atoms with van der Waals surface area (Å²) in [5, 5.41) is 2.57. The SMILES string of the molecule is Cc1ccc(/C=C/C(=O)NCc2cccc(C(F)(F)F)c2)cc1. The van der Waals surface area contributed by atoms with Crippen LogP contribution in [0.1, 0.15) is 22.3 Å². The molecule has 2 rings (SSSR count). The summed E-state index contributed by atoms with van der Waals surface area (Å²) in [6, 6.07) is 12.5. The van der Waals surface area contributed by atoms with E-state index in [4.69, 9.17) is 0 Å². The Kier molecular flexibility index (Phi) is 5.21. The highest BCUT2D eigenvalue weighted by Crippen LogP contribution is 2.29. The monoisotopic (exact) mass is 319 g/mol. The minimum absolute atomic E-state index is 0.0426. The van der Waals surface area contributed by atoms with Gasteiger partial charge < -0.3 is 5.32 Å². The van der Waals surface area contributed by atoms with Gasteiger partial charge in [0.15, 0.2) is 0 Å². The van der Waals surface area contributed by atoms with Crippen molar-refractivity contribution in [3.8, 4) is 0 Å². The molecule has 1 amide bonds. The van der Waals surface area contributed by atoms with Crippen LogP contribution in [0, 0.1) is 6.92 Å². The van der Waals surface area contributed by atoms with Crippen molar-refractivity contribution in [3.63, 3.8) is 0 Å². The highest BCUT2D eigenvalue weighted by atomic mass is 19.4. The number of benzene rings is 2. The van der Waals surface area contributed by atoms with Gasteiger partial charge in [-0.15, -0.1) is 0 Å². The van der Waals surface area contributed by atoms with Crippen molar-refractivity contribution >= 4 is 12.0 Å². The quantitative estimate of drug-likeness (QED) is 0.834. The van der Waals surface area contributed by atoms with Gasteiger partial charge in [0.05, 0.1) is 5.56 Å². The summed E-state index contributed by atoms with van der Waals surface area (Å²) in [5.74, 6) is -0.358. The van der Waals surface area contributed by atoms with E-state index >= 15 is 0 Å². The van der Waals surface area contributed by atoms with Crippen molar-refractivity contribution in [1.82, 2.24) is 5.32 Å². The molecule has 0 spiro atoms. The zero-order valence-electron chi connectivity index (χ0n) is 12.5. The Morgan fingerprint density at radius 3 is 2.48 bits per heavy atom. The molecular formula is C18H16F3NO. The molecule has 0 fully saturated rings. The van der Waals surface area contributed by atoms with Crippen molar-refractivity contribution in [2.45, 2.75) is 19.6 Å². The smallest absolute Gasteiger partial charge is 0.348 e. The minimum Gasteiger partial charge on any atom is -0.348 e. The average molecular weight is 319 g/mol. The molecule has 0 aliphatic rings. The fourth-order valence-corrected chi connectivity index (χ4v) is 1.96. The molecule has 2 aromatic rings. The molecule has 2 aromatic carbocycles. The molecule has 0 aliphatic carbocycles. The Bertz CT molecular complexity index is 703. The highest BCUT2D eigenvalue weighted by Gasteiger charge is 2.30. The highest BCUT2D eigenvalue weighted by molar-refractivity contribution is 5.91. The number of halogens is 3. The molecule has 1 N–H and O–H groups in total. The van der Waals surface area contributed by atoms with Crippen molar-refractivity contribution in [1.29, 1.82) is 0 Å². The number of hydrogen-bond acceptors (Lipinski definition) is 1. The number of carbonyl (C=O) groups is 1. The summed E-state index contributed by atoms with van der Waals surface area (Å²) < 4.78 is 37.8. The normalized spacial score (nSPS) is 11.7. The third-order valence-corrected chi connectivity index (χ3v) is 3.23. The van der Waals surface area contributed by atoms with Gasteiger partial charge in [0, 0.05) is 12.6 Å². The molecule has 0 unspecified atom stereocenters. The van der Waals surface area contributed by atoms with Crippen molar-refractivity contribution in [2.24, 2.45) is 0 Å². The Morgan fingerprint density at radius 1 is 1.13 bits per heavy atom. The first-order chi connectivity index (χ1) is 10.8. The van der Waals surface area contributed by atoms with Gasteiger partial charge in [-0.3, -0.25) is 4.79 Å². The number of rotatable bonds is 4. The third kappa shape index (κ3) is 5.29. The molecule has 2 nitrogen and oxygen atoms in total. The van der Waals surface area contributed by atoms with E-state index in [1.165, 1.54) is 12.1 Å². The number of alkyl halides is 3. The Hall–Kier alpha value is -2.56. The van der Waals surface area contributed by atoms with E-state index in [0.717, 1.165) is 23.3 Å². The summed E-state index contributed by atoms with van der Waals surface area (Å²) in [7, 11) is 0. The Balaban J connectivity index is 1.93. The second kappa shape index (κ2) is 7.13. The van der Waals surface area contributed by atoms with Gasteiger partial charge >= 0.3 is 6.18 Å². The zero-order valence-corrected chi connectivity index (χ0v) is 12.5. The van der Waals surface area contributed by atoms with E-state index in [0.29, 0.717) is 5.56 Å². The number of nitrogens with one attached hydrogen (secondary N) is 1. The predicted octanol–water partition coefficient (Wildman–Crippen LogP) is 4.34. The number of carbonyl (C=O) groups excluding carboxylic acids is 1. The molecule has 0 radical (unpaired) electrons. The molecule has 5 heteroatoms. The molecule has 0 aromatic heterocycles. The lowest BCUT2D eigenvalue weighted by atomic mass is 10.1. The minimum atomic E-state index is -4.38. The third-order valence-electron chi connectivity index (χ3n) is 3.23. The number of hydrogen-bond donors (Lipinski definition) is 1. The maximum atomic E-state index is 12.6. The maximum absolute atomic E-state index is 12.6. The topological polar surface area (TPSA) is 29.1 Å². The Labute approximate surface area is 132 Å². The van der Waals surface area contributed by atoms with Crippen LogP contribution in [-0.4, -0.2) is 5.91 Å². The standard InChI is InChI=1S/C18H16F3NO/c1-13-5-7-14(8-6-13)9-10-17(23)22-12-15-3-2-4-16(11-15)18(19,20)21/h2-11H,12H2,1H3,(H,22,23)/b10-9+. The Morgan fingerprint density at radius 2 is 1.83 bits per heavy atom. The summed E-state index contributed by atoms with van der Waals surface area (Å²) in [6.45, 7) is 2.01. The molecule has 0 bridgehead atoms. The summed E-state index contributed by atoms with van der Waals surface area (Å²) in [4.78, 5) is 11.7. The van der Waals surface area contributed by atoms with Crippen LogP contribution < -0.4 is 5.32 Å². The van der Waals surface area contributed by atoms with E-state index in [2.05, 4.69) is 5.32 Å². The van der Waals surface area contributed by atoms with Crippen LogP contribution in [0.15, 0.2) is 54.6 Å². The van der Waals surface area contributed by atoms with E-state index in [1.54, 1.807) is 12.1 Å². The largest absolute Gasteiger partial charge is 0.416 e. The molecule has 0 atom stereocenters. The molecule has 0 saturated heterocycles. The van der Waals surface area contributed by atoms with Gasteiger partial charge in [-0.25, -0.2) is 0 Å². The van der Waals surface area contributed by atoms with Crippen LogP contribution in [0.25, 0.3) is 6.08 Å².